The third-order valence-electron chi connectivity index (χ3n) is 6.82. The number of hydrogen-bond donors (Lipinski definition) is 0. The molecule has 5 rings (SSSR count). The molecule has 23 heavy (non-hydrogen) atoms. The molecule has 4 aliphatic carbocycles. The lowest BCUT2D eigenvalue weighted by Crippen LogP contribution is -2.55. The van der Waals surface area contributed by atoms with Crippen LogP contribution in [0.1, 0.15) is 49.7 Å². The lowest BCUT2D eigenvalue weighted by Gasteiger charge is -2.62. The van der Waals surface area contributed by atoms with Crippen molar-refractivity contribution in [1.82, 2.24) is 0 Å². The van der Waals surface area contributed by atoms with Crippen LogP contribution in [0.15, 0.2) is 36.5 Å². The van der Waals surface area contributed by atoms with E-state index in [0.29, 0.717) is 5.92 Å². The van der Waals surface area contributed by atoms with E-state index < -0.39 is 0 Å². The van der Waals surface area contributed by atoms with Crippen LogP contribution in [0.2, 0.25) is 0 Å². The summed E-state index contributed by atoms with van der Waals surface area (Å²) in [5.74, 6) is 3.09. The minimum atomic E-state index is -0.323. The fraction of sp³-hybridized carbons (Fsp3) is 0.600. The number of nitro groups is 1. The van der Waals surface area contributed by atoms with E-state index >= 15 is 0 Å². The smallest absolute Gasteiger partial charge is 0.230 e. The first-order chi connectivity index (χ1) is 11.1. The Balaban J connectivity index is 1.73. The maximum absolute atomic E-state index is 10.7. The molecule has 3 heteroatoms. The van der Waals surface area contributed by atoms with Gasteiger partial charge in [-0.1, -0.05) is 24.3 Å². The molecule has 0 spiro atoms. The fourth-order valence-electron chi connectivity index (χ4n) is 6.41. The van der Waals surface area contributed by atoms with Crippen molar-refractivity contribution in [3.63, 3.8) is 0 Å². The molecule has 0 radical (unpaired) electrons. The van der Waals surface area contributed by atoms with Crippen molar-refractivity contribution in [3.05, 3.63) is 57.8 Å². The number of rotatable bonds is 4. The van der Waals surface area contributed by atoms with E-state index in [1.165, 1.54) is 43.2 Å². The molecule has 0 N–H and O–H groups in total. The molecule has 4 aliphatic rings. The standard InChI is InChI=1S/C20H25NO2/c1-14-5-2-3-6-18(14)20-12-15-9-16(13-20)11-17(10-15)19(20)7-4-8-21(22)23/h2-6,8,15-17,19H,7,9-13H2,1H3/b8-4+. The molecule has 1 aromatic rings. The zero-order chi connectivity index (χ0) is 16.0. The zero-order valence-electron chi connectivity index (χ0n) is 13.8. The number of allylic oxidation sites excluding steroid dienone is 1. The fourth-order valence-corrected chi connectivity index (χ4v) is 6.41. The van der Waals surface area contributed by atoms with Crippen LogP contribution >= 0.6 is 0 Å². The van der Waals surface area contributed by atoms with Gasteiger partial charge in [-0.2, -0.15) is 0 Å². The lowest BCUT2D eigenvalue weighted by atomic mass is 9.43. The van der Waals surface area contributed by atoms with E-state index in [4.69, 9.17) is 0 Å². The van der Waals surface area contributed by atoms with Crippen molar-refractivity contribution < 1.29 is 4.92 Å². The molecule has 0 amide bonds. The van der Waals surface area contributed by atoms with Crippen molar-refractivity contribution in [2.24, 2.45) is 23.7 Å². The van der Waals surface area contributed by atoms with E-state index in [0.717, 1.165) is 30.4 Å². The molecule has 4 bridgehead atoms. The molecule has 3 atom stereocenters. The summed E-state index contributed by atoms with van der Waals surface area (Å²) in [6.07, 6.45) is 10.5. The molecule has 3 unspecified atom stereocenters. The Bertz CT molecular complexity index is 637. The van der Waals surface area contributed by atoms with Crippen LogP contribution in [0.25, 0.3) is 0 Å². The van der Waals surface area contributed by atoms with Crippen molar-refractivity contribution in [2.45, 2.75) is 50.9 Å². The average molecular weight is 311 g/mol. The van der Waals surface area contributed by atoms with Crippen LogP contribution in [-0.2, 0) is 5.41 Å². The van der Waals surface area contributed by atoms with Gasteiger partial charge in [0.05, 0.1) is 4.92 Å². The summed E-state index contributed by atoms with van der Waals surface area (Å²) >= 11 is 0. The Morgan fingerprint density at radius 3 is 2.57 bits per heavy atom. The molecule has 0 aromatic heterocycles. The first-order valence-corrected chi connectivity index (χ1v) is 8.95. The molecule has 122 valence electrons. The van der Waals surface area contributed by atoms with Gasteiger partial charge in [-0.3, -0.25) is 10.1 Å². The Morgan fingerprint density at radius 2 is 1.91 bits per heavy atom. The summed E-state index contributed by atoms with van der Waals surface area (Å²) in [6, 6.07) is 8.86. The van der Waals surface area contributed by atoms with Gasteiger partial charge in [-0.15, -0.1) is 0 Å². The predicted molar refractivity (Wildman–Crippen MR) is 90.7 cm³/mol. The van der Waals surface area contributed by atoms with Crippen LogP contribution in [0.4, 0.5) is 0 Å². The third kappa shape index (κ3) is 2.41. The Kier molecular flexibility index (Phi) is 3.55. The summed E-state index contributed by atoms with van der Waals surface area (Å²) in [4.78, 5) is 10.3. The molecule has 4 saturated carbocycles. The summed E-state index contributed by atoms with van der Waals surface area (Å²) in [5, 5.41) is 10.7. The second kappa shape index (κ2) is 5.47. The monoisotopic (exact) mass is 311 g/mol. The first-order valence-electron chi connectivity index (χ1n) is 8.95. The van der Waals surface area contributed by atoms with Crippen molar-refractivity contribution in [3.8, 4) is 0 Å². The maximum Gasteiger partial charge on any atom is 0.230 e. The normalized spacial score (nSPS) is 38.3. The summed E-state index contributed by atoms with van der Waals surface area (Å²) < 4.78 is 0. The van der Waals surface area contributed by atoms with Crippen molar-refractivity contribution in [2.75, 3.05) is 0 Å². The topological polar surface area (TPSA) is 43.1 Å². The molecule has 1 aromatic carbocycles. The van der Waals surface area contributed by atoms with Gasteiger partial charge in [-0.05, 0) is 91.7 Å². The van der Waals surface area contributed by atoms with E-state index in [1.54, 1.807) is 0 Å². The Labute approximate surface area is 137 Å². The minimum Gasteiger partial charge on any atom is -0.259 e. The average Bonchev–Trinajstić information content (AvgIpc) is 2.49. The van der Waals surface area contributed by atoms with Crippen LogP contribution in [0, 0.1) is 40.7 Å². The largest absolute Gasteiger partial charge is 0.259 e. The van der Waals surface area contributed by atoms with Crippen molar-refractivity contribution in [1.29, 1.82) is 0 Å². The van der Waals surface area contributed by atoms with Gasteiger partial charge in [0.15, 0.2) is 0 Å². The van der Waals surface area contributed by atoms with Crippen molar-refractivity contribution >= 4 is 0 Å². The van der Waals surface area contributed by atoms with Crippen LogP contribution in [0.3, 0.4) is 0 Å². The van der Waals surface area contributed by atoms with E-state index in [2.05, 4.69) is 31.2 Å². The molecule has 0 aliphatic heterocycles. The molecular weight excluding hydrogens is 286 g/mol. The Hall–Kier alpha value is -1.64. The molecular formula is C20H25NO2. The number of aryl methyl sites for hydroxylation is 1. The second-order valence-corrected chi connectivity index (χ2v) is 8.09. The van der Waals surface area contributed by atoms with Gasteiger partial charge >= 0.3 is 0 Å². The highest BCUT2D eigenvalue weighted by molar-refractivity contribution is 5.37. The van der Waals surface area contributed by atoms with E-state index in [9.17, 15) is 10.1 Å². The molecule has 0 heterocycles. The quantitative estimate of drug-likeness (QED) is 0.588. The van der Waals surface area contributed by atoms with Gasteiger partial charge in [-0.25, -0.2) is 0 Å². The number of hydrogen-bond acceptors (Lipinski definition) is 2. The first kappa shape index (κ1) is 14.9. The highest BCUT2D eigenvalue weighted by Gasteiger charge is 2.57. The maximum atomic E-state index is 10.7. The lowest BCUT2D eigenvalue weighted by molar-refractivity contribution is -0.402. The summed E-state index contributed by atoms with van der Waals surface area (Å²) in [5.41, 5.74) is 3.19. The molecule has 0 saturated heterocycles. The third-order valence-corrected chi connectivity index (χ3v) is 6.82. The van der Waals surface area contributed by atoms with E-state index in [-0.39, 0.29) is 10.3 Å². The summed E-state index contributed by atoms with van der Waals surface area (Å²) in [6.45, 7) is 2.23. The Morgan fingerprint density at radius 1 is 1.22 bits per heavy atom. The van der Waals surface area contributed by atoms with Crippen LogP contribution in [-0.4, -0.2) is 4.92 Å². The van der Waals surface area contributed by atoms with E-state index in [1.807, 2.05) is 6.08 Å². The highest BCUT2D eigenvalue weighted by Crippen LogP contribution is 2.64. The van der Waals surface area contributed by atoms with Gasteiger partial charge < -0.3 is 0 Å². The van der Waals surface area contributed by atoms with Gasteiger partial charge in [0.1, 0.15) is 0 Å². The minimum absolute atomic E-state index is 0.265. The predicted octanol–water partition coefficient (Wildman–Crippen LogP) is 4.87. The number of nitrogens with zero attached hydrogens (tertiary/aromatic N) is 1. The van der Waals surface area contributed by atoms with Crippen LogP contribution < -0.4 is 0 Å². The van der Waals surface area contributed by atoms with Gasteiger partial charge in [0.2, 0.25) is 6.20 Å². The SMILES string of the molecule is Cc1ccccc1C12CC3CC(CC(C3)C1C/C=C/[N+](=O)[O-])C2. The number of benzene rings is 1. The highest BCUT2D eigenvalue weighted by atomic mass is 16.6. The zero-order valence-corrected chi connectivity index (χ0v) is 13.8. The summed E-state index contributed by atoms with van der Waals surface area (Å²) in [7, 11) is 0. The molecule has 4 fully saturated rings. The second-order valence-electron chi connectivity index (χ2n) is 8.09. The van der Waals surface area contributed by atoms with Gasteiger partial charge in [0, 0.05) is 0 Å². The van der Waals surface area contributed by atoms with Crippen LogP contribution in [0.5, 0.6) is 0 Å². The molecule has 3 nitrogen and oxygen atoms in total. The van der Waals surface area contributed by atoms with Gasteiger partial charge in [0.25, 0.3) is 0 Å².